The number of benzene rings is 4. The highest BCUT2D eigenvalue weighted by Crippen LogP contribution is 2.23. The molecule has 0 unspecified atom stereocenters. The molecule has 0 saturated heterocycles. The van der Waals surface area contributed by atoms with Crippen LogP contribution < -0.4 is 0 Å². The first-order valence-corrected chi connectivity index (χ1v) is 7.46. The maximum absolute atomic E-state index is 3.42. The van der Waals surface area contributed by atoms with Crippen LogP contribution in [0.5, 0.6) is 0 Å². The lowest BCUT2D eigenvalue weighted by Gasteiger charge is -2.06. The van der Waals surface area contributed by atoms with E-state index in [-0.39, 0.29) is 0 Å². The first-order chi connectivity index (χ1) is 10.9. The van der Waals surface area contributed by atoms with Gasteiger partial charge in [0.25, 0.3) is 0 Å². The highest BCUT2D eigenvalue weighted by atomic mass is 14.1. The summed E-state index contributed by atoms with van der Waals surface area (Å²) in [5.41, 5.74) is 2.30. The molecule has 0 fully saturated rings. The molecule has 0 saturated carbocycles. The van der Waals surface area contributed by atoms with Crippen molar-refractivity contribution in [2.45, 2.75) is 0 Å². The Bertz CT molecular complexity index is 929. The zero-order valence-corrected chi connectivity index (χ0v) is 12.2. The van der Waals surface area contributed by atoms with Crippen molar-refractivity contribution in [2.24, 2.45) is 0 Å². The van der Waals surface area contributed by atoms with Gasteiger partial charge in [0.15, 0.2) is 0 Å². The Labute approximate surface area is 131 Å². The fourth-order valence-electron chi connectivity index (χ4n) is 2.82. The summed E-state index contributed by atoms with van der Waals surface area (Å²) < 4.78 is 0. The first-order valence-electron chi connectivity index (χ1n) is 7.46. The Hall–Kier alpha value is -2.60. The zero-order valence-electron chi connectivity index (χ0n) is 12.2. The second-order valence-corrected chi connectivity index (χ2v) is 5.42. The summed E-state index contributed by atoms with van der Waals surface area (Å²) in [5, 5.41) is 5.03. The predicted molar refractivity (Wildman–Crippen MR) is 93.6 cm³/mol. The molecule has 0 aliphatic rings. The topological polar surface area (TPSA) is 0 Å². The lowest BCUT2D eigenvalue weighted by atomic mass is 9.97. The van der Waals surface area contributed by atoms with E-state index in [1.807, 2.05) is 0 Å². The first kappa shape index (κ1) is 13.1. The smallest absolute Gasteiger partial charge is 0.0252 e. The fourth-order valence-corrected chi connectivity index (χ4v) is 2.82. The summed E-state index contributed by atoms with van der Waals surface area (Å²) in [6.07, 6.45) is 5.50. The van der Waals surface area contributed by atoms with Crippen LogP contribution in [0.3, 0.4) is 0 Å². The summed E-state index contributed by atoms with van der Waals surface area (Å²) in [5.74, 6) is 0. The Kier molecular flexibility index (Phi) is 3.36. The molecular formula is C22H15. The summed E-state index contributed by atoms with van der Waals surface area (Å²) >= 11 is 0. The second kappa shape index (κ2) is 5.65. The Morgan fingerprint density at radius 1 is 0.591 bits per heavy atom. The summed E-state index contributed by atoms with van der Waals surface area (Å²) in [4.78, 5) is 0. The van der Waals surface area contributed by atoms with E-state index >= 15 is 0 Å². The number of hydrogen-bond donors (Lipinski definition) is 0. The molecule has 4 aromatic rings. The largest absolute Gasteiger partial charge is 0.0616 e. The molecule has 4 rings (SSSR count). The summed E-state index contributed by atoms with van der Waals surface area (Å²) in [6, 6.07) is 29.7. The molecule has 0 atom stereocenters. The molecule has 4 aromatic carbocycles. The lowest BCUT2D eigenvalue weighted by Crippen LogP contribution is -1.88. The molecule has 0 bridgehead atoms. The number of rotatable bonds is 3. The average molecular weight is 279 g/mol. The third kappa shape index (κ3) is 2.48. The molecule has 0 amide bonds. The van der Waals surface area contributed by atoms with Gasteiger partial charge in [-0.15, -0.1) is 0 Å². The molecule has 0 aliphatic heterocycles. The van der Waals surface area contributed by atoms with Gasteiger partial charge in [0.1, 0.15) is 0 Å². The molecule has 0 heteroatoms. The summed E-state index contributed by atoms with van der Waals surface area (Å²) in [6.45, 7) is 0. The van der Waals surface area contributed by atoms with Gasteiger partial charge >= 0.3 is 0 Å². The SMILES string of the molecule is [C]([CH]c1cccc2ccccc12)c1ccc2ccccc2c1. The molecular weight excluding hydrogens is 264 g/mol. The van der Waals surface area contributed by atoms with Gasteiger partial charge in [-0.2, -0.15) is 0 Å². The van der Waals surface area contributed by atoms with E-state index in [4.69, 9.17) is 0 Å². The van der Waals surface area contributed by atoms with E-state index in [1.165, 1.54) is 27.1 Å². The standard InChI is InChI=1S/C22H15/c1-2-8-21-16-17(12-14-18(21)6-1)13-15-20-10-5-9-19-7-3-4-11-22(19)20/h1-12,14-16H. The van der Waals surface area contributed by atoms with Crippen LogP contribution in [-0.2, 0) is 0 Å². The van der Waals surface area contributed by atoms with Crippen molar-refractivity contribution in [1.29, 1.82) is 0 Å². The third-order valence-electron chi connectivity index (χ3n) is 3.97. The quantitative estimate of drug-likeness (QED) is 0.453. The van der Waals surface area contributed by atoms with Gasteiger partial charge in [-0.1, -0.05) is 84.9 Å². The van der Waals surface area contributed by atoms with Crippen molar-refractivity contribution in [3.8, 4) is 0 Å². The second-order valence-electron chi connectivity index (χ2n) is 5.42. The van der Waals surface area contributed by atoms with Crippen LogP contribution >= 0.6 is 0 Å². The molecule has 0 N–H and O–H groups in total. The molecule has 0 aliphatic carbocycles. The van der Waals surface area contributed by atoms with Crippen LogP contribution in [0.25, 0.3) is 21.5 Å². The normalized spacial score (nSPS) is 11.1. The predicted octanol–water partition coefficient (Wildman–Crippen LogP) is 5.67. The van der Waals surface area contributed by atoms with E-state index in [0.717, 1.165) is 5.56 Å². The minimum absolute atomic E-state index is 1.10. The van der Waals surface area contributed by atoms with E-state index in [1.54, 1.807) is 0 Å². The molecule has 0 spiro atoms. The van der Waals surface area contributed by atoms with Crippen LogP contribution in [0.15, 0.2) is 84.9 Å². The van der Waals surface area contributed by atoms with Crippen molar-refractivity contribution >= 4 is 21.5 Å². The van der Waals surface area contributed by atoms with Crippen molar-refractivity contribution < 1.29 is 0 Å². The van der Waals surface area contributed by atoms with E-state index < -0.39 is 0 Å². The highest BCUT2D eigenvalue weighted by Gasteiger charge is 2.03. The van der Waals surface area contributed by atoms with Crippen LogP contribution in [0, 0.1) is 12.8 Å². The van der Waals surface area contributed by atoms with Gasteiger partial charge in [0.05, 0.1) is 0 Å². The molecule has 3 radical (unpaired) electrons. The molecule has 0 nitrogen and oxygen atoms in total. The molecule has 0 heterocycles. The maximum atomic E-state index is 3.42. The minimum Gasteiger partial charge on any atom is -0.0616 e. The van der Waals surface area contributed by atoms with Gasteiger partial charge in [0.2, 0.25) is 0 Å². The van der Waals surface area contributed by atoms with E-state index in [2.05, 4.69) is 97.8 Å². The average Bonchev–Trinajstić information content (AvgIpc) is 2.60. The minimum atomic E-state index is 1.10. The van der Waals surface area contributed by atoms with E-state index in [9.17, 15) is 0 Å². The third-order valence-corrected chi connectivity index (χ3v) is 3.97. The van der Waals surface area contributed by atoms with Crippen LogP contribution in [0.2, 0.25) is 0 Å². The number of fused-ring (bicyclic) bond motifs is 2. The highest BCUT2D eigenvalue weighted by molar-refractivity contribution is 5.87. The van der Waals surface area contributed by atoms with Crippen molar-refractivity contribution in [2.75, 3.05) is 0 Å². The number of hydrogen-bond acceptors (Lipinski definition) is 0. The Balaban J connectivity index is 1.63. The van der Waals surface area contributed by atoms with Gasteiger partial charge in [0, 0.05) is 12.8 Å². The van der Waals surface area contributed by atoms with Crippen molar-refractivity contribution in [1.82, 2.24) is 0 Å². The fraction of sp³-hybridized carbons (Fsp3) is 0. The van der Waals surface area contributed by atoms with Gasteiger partial charge in [-0.3, -0.25) is 0 Å². The van der Waals surface area contributed by atoms with Crippen LogP contribution in [-0.4, -0.2) is 0 Å². The maximum Gasteiger partial charge on any atom is 0.0252 e. The van der Waals surface area contributed by atoms with Crippen molar-refractivity contribution in [3.05, 3.63) is 109 Å². The van der Waals surface area contributed by atoms with E-state index in [0.29, 0.717) is 0 Å². The lowest BCUT2D eigenvalue weighted by molar-refractivity contribution is 1.43. The van der Waals surface area contributed by atoms with Gasteiger partial charge in [-0.05, 0) is 32.7 Å². The Morgan fingerprint density at radius 2 is 1.32 bits per heavy atom. The molecule has 22 heavy (non-hydrogen) atoms. The zero-order chi connectivity index (χ0) is 14.8. The summed E-state index contributed by atoms with van der Waals surface area (Å²) in [7, 11) is 0. The van der Waals surface area contributed by atoms with Crippen LogP contribution in [0.1, 0.15) is 11.1 Å². The molecule has 103 valence electrons. The Morgan fingerprint density at radius 3 is 2.23 bits per heavy atom. The van der Waals surface area contributed by atoms with Gasteiger partial charge < -0.3 is 0 Å². The monoisotopic (exact) mass is 279 g/mol. The van der Waals surface area contributed by atoms with Crippen molar-refractivity contribution in [3.63, 3.8) is 0 Å². The van der Waals surface area contributed by atoms with Crippen LogP contribution in [0.4, 0.5) is 0 Å². The molecule has 0 aromatic heterocycles. The van der Waals surface area contributed by atoms with Gasteiger partial charge in [-0.25, -0.2) is 0 Å².